The van der Waals surface area contributed by atoms with Gasteiger partial charge in [-0.1, -0.05) is 18.2 Å². The maximum Gasteiger partial charge on any atom is 0.272 e. The second-order valence-electron chi connectivity index (χ2n) is 5.07. The van der Waals surface area contributed by atoms with E-state index in [4.69, 9.17) is 0 Å². The third-order valence-electron chi connectivity index (χ3n) is 3.11. The molecule has 1 aromatic heterocycles. The lowest BCUT2D eigenvalue weighted by atomic mass is 10.2. The van der Waals surface area contributed by atoms with Crippen LogP contribution in [0.2, 0.25) is 0 Å². The van der Waals surface area contributed by atoms with Crippen molar-refractivity contribution in [1.82, 2.24) is 10.4 Å². The Bertz CT molecular complexity index is 726. The van der Waals surface area contributed by atoms with Crippen molar-refractivity contribution < 1.29 is 9.59 Å². The van der Waals surface area contributed by atoms with E-state index in [0.717, 1.165) is 11.3 Å². The molecule has 0 bridgehead atoms. The number of nitrogens with one attached hydrogen (secondary N) is 2. The monoisotopic (exact) mass is 310 g/mol. The molecule has 2 amide bonds. The molecule has 0 unspecified atom stereocenters. The first-order chi connectivity index (χ1) is 11.1. The molecule has 1 aromatic carbocycles. The predicted octanol–water partition coefficient (Wildman–Crippen LogP) is 2.52. The number of para-hydroxylation sites is 1. The number of pyridine rings is 1. The third-order valence-corrected chi connectivity index (χ3v) is 3.11. The zero-order valence-corrected chi connectivity index (χ0v) is 13.0. The summed E-state index contributed by atoms with van der Waals surface area (Å²) in [6, 6.07) is 10.8. The average molecular weight is 310 g/mol. The molecule has 6 nitrogen and oxygen atoms in total. The van der Waals surface area contributed by atoms with Gasteiger partial charge in [0.05, 0.1) is 12.0 Å². The van der Waals surface area contributed by atoms with Gasteiger partial charge >= 0.3 is 0 Å². The Morgan fingerprint density at radius 2 is 1.96 bits per heavy atom. The lowest BCUT2D eigenvalue weighted by molar-refractivity contribution is -0.115. The van der Waals surface area contributed by atoms with Crippen LogP contribution < -0.4 is 10.7 Å². The molecule has 0 aliphatic heterocycles. The van der Waals surface area contributed by atoms with Crippen LogP contribution >= 0.6 is 0 Å². The molecule has 2 rings (SSSR count). The van der Waals surface area contributed by atoms with Gasteiger partial charge in [0.25, 0.3) is 5.91 Å². The number of aromatic nitrogens is 1. The van der Waals surface area contributed by atoms with Crippen LogP contribution in [0.5, 0.6) is 0 Å². The number of nitrogens with zero attached hydrogens (tertiary/aromatic N) is 2. The fraction of sp³-hybridized carbons (Fsp3) is 0.176. The van der Waals surface area contributed by atoms with Gasteiger partial charge in [0, 0.05) is 23.8 Å². The number of carbonyl (C=O) groups is 2. The summed E-state index contributed by atoms with van der Waals surface area (Å²) in [6.45, 7) is 3.60. The molecule has 2 N–H and O–H groups in total. The third kappa shape index (κ3) is 5.03. The first-order valence-corrected chi connectivity index (χ1v) is 7.15. The highest BCUT2D eigenvalue weighted by Crippen LogP contribution is 2.13. The summed E-state index contributed by atoms with van der Waals surface area (Å²) in [5.41, 5.74) is 5.08. The van der Waals surface area contributed by atoms with Crippen molar-refractivity contribution in [3.05, 3.63) is 59.9 Å². The summed E-state index contributed by atoms with van der Waals surface area (Å²) in [5, 5.41) is 6.75. The fourth-order valence-corrected chi connectivity index (χ4v) is 1.89. The molecule has 0 saturated carbocycles. The number of hydrogen-bond donors (Lipinski definition) is 2. The minimum absolute atomic E-state index is 0.0989. The van der Waals surface area contributed by atoms with Crippen molar-refractivity contribution in [2.45, 2.75) is 20.3 Å². The molecule has 23 heavy (non-hydrogen) atoms. The van der Waals surface area contributed by atoms with Crippen LogP contribution in [0.25, 0.3) is 0 Å². The van der Waals surface area contributed by atoms with Crippen molar-refractivity contribution in [2.75, 3.05) is 5.32 Å². The summed E-state index contributed by atoms with van der Waals surface area (Å²) >= 11 is 0. The Morgan fingerprint density at radius 3 is 2.65 bits per heavy atom. The number of anilines is 1. The summed E-state index contributed by atoms with van der Waals surface area (Å²) in [7, 11) is 0. The largest absolute Gasteiger partial charge is 0.326 e. The van der Waals surface area contributed by atoms with Crippen molar-refractivity contribution in [3.8, 4) is 0 Å². The number of benzene rings is 1. The second-order valence-corrected chi connectivity index (χ2v) is 5.07. The Balaban J connectivity index is 1.88. The second kappa shape index (κ2) is 7.84. The molecule has 6 heteroatoms. The van der Waals surface area contributed by atoms with Crippen LogP contribution in [0.1, 0.15) is 29.3 Å². The van der Waals surface area contributed by atoms with Crippen LogP contribution in [0, 0.1) is 6.92 Å². The highest BCUT2D eigenvalue weighted by atomic mass is 16.2. The van der Waals surface area contributed by atoms with Gasteiger partial charge in [-0.3, -0.25) is 14.6 Å². The summed E-state index contributed by atoms with van der Waals surface area (Å²) < 4.78 is 0. The van der Waals surface area contributed by atoms with E-state index in [1.54, 1.807) is 25.3 Å². The van der Waals surface area contributed by atoms with E-state index in [1.165, 1.54) is 6.20 Å². The van der Waals surface area contributed by atoms with Crippen molar-refractivity contribution >= 4 is 23.2 Å². The Hall–Kier alpha value is -3.02. The molecular weight excluding hydrogens is 292 g/mol. The summed E-state index contributed by atoms with van der Waals surface area (Å²) in [5.74, 6) is -0.548. The molecule has 0 radical (unpaired) electrons. The van der Waals surface area contributed by atoms with Gasteiger partial charge in [0.15, 0.2) is 0 Å². The van der Waals surface area contributed by atoms with Gasteiger partial charge in [-0.25, -0.2) is 5.43 Å². The van der Waals surface area contributed by atoms with Crippen molar-refractivity contribution in [3.63, 3.8) is 0 Å². The summed E-state index contributed by atoms with van der Waals surface area (Å²) in [4.78, 5) is 27.6. The van der Waals surface area contributed by atoms with Gasteiger partial charge in [-0.2, -0.15) is 5.10 Å². The van der Waals surface area contributed by atoms with Gasteiger partial charge in [0.1, 0.15) is 0 Å². The highest BCUT2D eigenvalue weighted by molar-refractivity contribution is 6.06. The average Bonchev–Trinajstić information content (AvgIpc) is 2.55. The predicted molar refractivity (Wildman–Crippen MR) is 89.2 cm³/mol. The summed E-state index contributed by atoms with van der Waals surface area (Å²) in [6.07, 6.45) is 3.13. The molecule has 1 heterocycles. The van der Waals surface area contributed by atoms with E-state index < -0.39 is 0 Å². The zero-order chi connectivity index (χ0) is 16.7. The number of hydrazone groups is 1. The quantitative estimate of drug-likeness (QED) is 0.657. The van der Waals surface area contributed by atoms with Gasteiger partial charge < -0.3 is 5.32 Å². The number of aryl methyl sites for hydroxylation is 1. The highest BCUT2D eigenvalue weighted by Gasteiger charge is 2.07. The maximum absolute atomic E-state index is 12.0. The lowest BCUT2D eigenvalue weighted by Crippen LogP contribution is -2.21. The lowest BCUT2D eigenvalue weighted by Gasteiger charge is -2.08. The van der Waals surface area contributed by atoms with E-state index in [2.05, 4.69) is 20.8 Å². The Kier molecular flexibility index (Phi) is 5.57. The normalized spacial score (nSPS) is 11.0. The van der Waals surface area contributed by atoms with Crippen LogP contribution in [0.4, 0.5) is 5.69 Å². The molecule has 0 spiro atoms. The van der Waals surface area contributed by atoms with Gasteiger partial charge in [-0.15, -0.1) is 0 Å². The number of amides is 2. The SMILES string of the molecule is C/C(CC(=O)Nc1ccccc1C)=N/NC(=O)c1cccnc1. The molecule has 0 atom stereocenters. The van der Waals surface area contributed by atoms with Crippen LogP contribution in [-0.2, 0) is 4.79 Å². The topological polar surface area (TPSA) is 83.5 Å². The van der Waals surface area contributed by atoms with E-state index in [1.807, 2.05) is 31.2 Å². The minimum Gasteiger partial charge on any atom is -0.326 e. The standard InChI is InChI=1S/C17H18N4O2/c1-12-6-3-4-8-15(12)19-16(22)10-13(2)20-21-17(23)14-7-5-9-18-11-14/h3-9,11H,10H2,1-2H3,(H,19,22)(H,21,23)/b20-13-. The molecular formula is C17H18N4O2. The van der Waals surface area contributed by atoms with E-state index >= 15 is 0 Å². The van der Waals surface area contributed by atoms with Crippen molar-refractivity contribution in [1.29, 1.82) is 0 Å². The number of carbonyl (C=O) groups excluding carboxylic acids is 2. The van der Waals surface area contributed by atoms with Crippen LogP contribution in [0.15, 0.2) is 53.9 Å². The van der Waals surface area contributed by atoms with E-state index in [9.17, 15) is 9.59 Å². The zero-order valence-electron chi connectivity index (χ0n) is 13.0. The first kappa shape index (κ1) is 16.4. The maximum atomic E-state index is 12.0. The molecule has 0 fully saturated rings. The van der Waals surface area contributed by atoms with Crippen LogP contribution in [0.3, 0.4) is 0 Å². The molecule has 118 valence electrons. The van der Waals surface area contributed by atoms with Gasteiger partial charge in [0.2, 0.25) is 5.91 Å². The number of hydrogen-bond acceptors (Lipinski definition) is 4. The van der Waals surface area contributed by atoms with Gasteiger partial charge in [-0.05, 0) is 37.6 Å². The van der Waals surface area contributed by atoms with Crippen molar-refractivity contribution in [2.24, 2.45) is 5.10 Å². The van der Waals surface area contributed by atoms with E-state index in [-0.39, 0.29) is 18.2 Å². The Morgan fingerprint density at radius 1 is 1.17 bits per heavy atom. The van der Waals surface area contributed by atoms with Crippen LogP contribution in [-0.4, -0.2) is 22.5 Å². The fourth-order valence-electron chi connectivity index (χ4n) is 1.89. The minimum atomic E-state index is -0.364. The first-order valence-electron chi connectivity index (χ1n) is 7.15. The Labute approximate surface area is 134 Å². The van der Waals surface area contributed by atoms with E-state index in [0.29, 0.717) is 11.3 Å². The molecule has 0 aliphatic rings. The smallest absolute Gasteiger partial charge is 0.272 e. The molecule has 2 aromatic rings. The number of rotatable bonds is 5. The molecule has 0 saturated heterocycles. The molecule has 0 aliphatic carbocycles.